The molecule has 0 bridgehead atoms. The molecule has 0 aliphatic carbocycles. The molecule has 0 amide bonds. The first-order valence-corrected chi connectivity index (χ1v) is 56.1. The smallest absolute Gasteiger partial charge is 0.0901 e. The number of halogens is 26. The predicted octanol–water partition coefficient (Wildman–Crippen LogP) is 33.4. The Hall–Kier alpha value is -7.67. The summed E-state index contributed by atoms with van der Waals surface area (Å²) < 4.78 is 243. The van der Waals surface area contributed by atoms with Gasteiger partial charge in [0.1, 0.15) is 0 Å². The van der Waals surface area contributed by atoms with Crippen molar-refractivity contribution >= 4 is 87.4 Å². The van der Waals surface area contributed by atoms with Gasteiger partial charge in [0.2, 0.25) is 0 Å². The summed E-state index contributed by atoms with van der Waals surface area (Å²) in [5, 5.41) is 0. The van der Waals surface area contributed by atoms with E-state index in [1.165, 1.54) is 112 Å². The second kappa shape index (κ2) is 42.7. The second-order valence-corrected chi connectivity index (χ2v) is 50.9. The van der Waals surface area contributed by atoms with Crippen LogP contribution in [0.1, 0.15) is 61.4 Å². The van der Waals surface area contributed by atoms with Crippen LogP contribution in [0.5, 0.6) is 0 Å². The third-order valence-electron chi connectivity index (χ3n) is 16.1. The maximum absolute atomic E-state index is 10.7. The van der Waals surface area contributed by atoms with E-state index in [1.54, 1.807) is 0 Å². The minimum atomic E-state index is -10.7. The first-order valence-electron chi connectivity index (χ1n) is 38.4. The van der Waals surface area contributed by atoms with Crippen molar-refractivity contribution < 1.29 is 143 Å². The van der Waals surface area contributed by atoms with Gasteiger partial charge in [-0.3, -0.25) is 0 Å². The maximum Gasteiger partial charge on any atom is 0.166 e. The number of rotatable bonds is 20. The Morgan fingerprint density at radius 3 is 0.566 bits per heavy atom. The molecule has 0 aliphatic rings. The van der Waals surface area contributed by atoms with Crippen LogP contribution in [0.3, 0.4) is 0 Å². The van der Waals surface area contributed by atoms with Crippen LogP contribution in [0.2, 0.25) is 0 Å². The van der Waals surface area contributed by atoms with Gasteiger partial charge in [0, 0.05) is 19.6 Å². The summed E-state index contributed by atoms with van der Waals surface area (Å²) in [6.07, 6.45) is 1.18. The number of benzene rings is 14. The Labute approximate surface area is 772 Å². The SMILES string of the molecule is Cc1ccc(Sc2ccc([S+](c3ccccc3)c3ccccc3)cc2)cc1.Cc1ccc([I+]c2ccc(C(C)C)cc2)cc1.Cc1ccc([I+]c2ccc(CC(C)C)cc2)cc1.F[P-](F)(F)(F)(F)F.F[P-](F)(F)(F)(F)F.F[P-](F)(F)(F)(F)F.F[P-](F)(F)(F)(F)F.c1ccc([S+](c2ccccc2)c2ccc(Sc3ccc([S+](c4ccccc4)c4ccccc4)cc3)cc2)cc1. The molecule has 129 heavy (non-hydrogen) atoms. The Bertz CT molecular complexity index is 5360. The number of hydrogen-bond acceptors (Lipinski definition) is 2. The average molecular weight is 2210 g/mol. The van der Waals surface area contributed by atoms with E-state index in [1.807, 2.05) is 23.5 Å². The Morgan fingerprint density at radius 2 is 0.380 bits per heavy atom. The van der Waals surface area contributed by atoms with Gasteiger partial charge in [0.25, 0.3) is 0 Å². The van der Waals surface area contributed by atoms with Gasteiger partial charge in [0.15, 0.2) is 58.3 Å². The third kappa shape index (κ3) is 51.8. The van der Waals surface area contributed by atoms with E-state index >= 15 is 0 Å². The van der Waals surface area contributed by atoms with Crippen molar-refractivity contribution in [2.24, 2.45) is 5.92 Å². The van der Waals surface area contributed by atoms with Crippen molar-refractivity contribution in [1.29, 1.82) is 0 Å². The van der Waals surface area contributed by atoms with Crippen molar-refractivity contribution in [2.75, 3.05) is 0 Å². The molecule has 14 aromatic rings. The fraction of sp³-hybridized carbons (Fsp3) is 0.106. The van der Waals surface area contributed by atoms with E-state index in [4.69, 9.17) is 0 Å². The molecule has 14 aromatic carbocycles. The molecule has 0 atom stereocenters. The number of hydrogen-bond donors (Lipinski definition) is 0. The van der Waals surface area contributed by atoms with Crippen molar-refractivity contribution in [3.8, 4) is 0 Å². The summed E-state index contributed by atoms with van der Waals surface area (Å²) in [4.78, 5) is 17.1. The molecule has 0 aliphatic heterocycles. The first-order chi connectivity index (χ1) is 59.2. The molecule has 0 heterocycles. The molecule has 0 N–H and O–H groups in total. The monoisotopic (exact) mass is 2210 g/mol. The van der Waals surface area contributed by atoms with Gasteiger partial charge in [0.05, 0.1) is 32.7 Å². The van der Waals surface area contributed by atoms with Crippen molar-refractivity contribution in [2.45, 2.75) is 124 Å². The van der Waals surface area contributed by atoms with Gasteiger partial charge in [-0.05, 0) is 256 Å². The van der Waals surface area contributed by atoms with Gasteiger partial charge < -0.3 is 0 Å². The largest absolute Gasteiger partial charge is 0.166 e. The maximum atomic E-state index is 9.87. The molecule has 0 saturated carbocycles. The van der Waals surface area contributed by atoms with Crippen LogP contribution in [0, 0.1) is 41.0 Å². The van der Waals surface area contributed by atoms with E-state index < -0.39 is 31.2 Å². The summed E-state index contributed by atoms with van der Waals surface area (Å²) in [7, 11) is -43.0. The van der Waals surface area contributed by atoms with Crippen LogP contribution in [0.15, 0.2) is 440 Å². The van der Waals surface area contributed by atoms with Crippen LogP contribution in [0.25, 0.3) is 0 Å². The van der Waals surface area contributed by atoms with Crippen LogP contribution >= 0.6 is 54.8 Å². The predicted molar refractivity (Wildman–Crippen MR) is 481 cm³/mol. The first kappa shape index (κ1) is 108. The molecule has 0 unspecified atom stereocenters. The molecular formula is C94H87F24I2P4S5+. The minimum absolute atomic E-state index is 0.0167. The summed E-state index contributed by atoms with van der Waals surface area (Å²) in [6.45, 7) is 15.4. The summed E-state index contributed by atoms with van der Waals surface area (Å²) >= 11 is 3.59. The second-order valence-electron chi connectivity index (χ2n) is 28.8. The quantitative estimate of drug-likeness (QED) is 0.0323. The van der Waals surface area contributed by atoms with Gasteiger partial charge in [-0.15, -0.1) is 0 Å². The van der Waals surface area contributed by atoms with E-state index in [2.05, 4.69) is 425 Å². The van der Waals surface area contributed by atoms with Crippen molar-refractivity contribution in [3.63, 3.8) is 0 Å². The summed E-state index contributed by atoms with van der Waals surface area (Å²) in [6, 6.07) is 137. The van der Waals surface area contributed by atoms with Gasteiger partial charge in [-0.1, -0.05) is 238 Å². The molecule has 0 saturated heterocycles. The Balaban J connectivity index is 0.000000221. The van der Waals surface area contributed by atoms with Crippen LogP contribution < -0.4 is 42.4 Å². The Morgan fingerprint density at radius 1 is 0.217 bits per heavy atom. The van der Waals surface area contributed by atoms with Crippen LogP contribution in [0.4, 0.5) is 101 Å². The number of aryl methyl sites for hydroxylation is 3. The molecule has 0 radical (unpaired) electrons. The molecule has 0 aromatic heterocycles. The van der Waals surface area contributed by atoms with Crippen molar-refractivity contribution in [3.05, 3.63) is 418 Å². The van der Waals surface area contributed by atoms with Gasteiger partial charge in [-0.25, -0.2) is 0 Å². The molecule has 35 heteroatoms. The van der Waals surface area contributed by atoms with E-state index in [-0.39, 0.29) is 75.1 Å². The fourth-order valence-corrected chi connectivity index (χ4v) is 23.1. The molecule has 694 valence electrons. The summed E-state index contributed by atoms with van der Waals surface area (Å²) in [5.41, 5.74) is 6.87. The van der Waals surface area contributed by atoms with Crippen LogP contribution in [-0.2, 0) is 39.1 Å². The van der Waals surface area contributed by atoms with E-state index in [0.29, 0.717) is 5.92 Å². The zero-order chi connectivity index (χ0) is 95.6. The normalized spacial score (nSPS) is 13.6. The topological polar surface area (TPSA) is 0 Å². The molecule has 0 spiro atoms. The minimum Gasteiger partial charge on any atom is -0.0901 e. The van der Waals surface area contributed by atoms with E-state index in [0.717, 1.165) is 5.92 Å². The molecule has 0 nitrogen and oxygen atoms in total. The van der Waals surface area contributed by atoms with Crippen molar-refractivity contribution in [1.82, 2.24) is 0 Å². The standard InChI is InChI=1S/C36H28S3.C25H21S2.C17H20I.C16H18I.4F6P/c1-5-13-31(14-6-1)38(32-15-7-2-8-16-32)35-25-21-29(22-26-35)37-30-23-27-36(28-24-30)39(33-17-9-3-10-18-33)34-19-11-4-12-20-34;1-20-12-14-21(15-13-20)26-22-16-18-25(19-17-22)27(23-8-4-2-5-9-23)24-10-6-3-7-11-24;1-13(2)12-15-6-10-17(11-7-15)18-16-8-4-14(3)5-9-16;1-12(2)14-6-10-16(11-7-14)17-15-8-4-13(3)5-9-15;4*1-7(2,3,4,5)6/h1-28H;2-19H,1H3;4-11,13H,12H2,1-3H3;4-12H,1-3H3;;;;/q+2;3*+1;4*-1. The molecule has 0 fully saturated rings. The summed E-state index contributed by atoms with van der Waals surface area (Å²) in [5.74, 6) is 1.37. The van der Waals surface area contributed by atoms with Gasteiger partial charge >= 0.3 is 174 Å². The molecular weight excluding hydrogens is 2120 g/mol. The Kier molecular flexibility index (Phi) is 35.9. The van der Waals surface area contributed by atoms with Crippen LogP contribution in [-0.4, -0.2) is 0 Å². The molecule has 14 rings (SSSR count). The average Bonchev–Trinajstić information content (AvgIpc) is 0.795. The zero-order valence-corrected chi connectivity index (χ0v) is 81.3. The fourth-order valence-electron chi connectivity index (χ4n) is 10.9. The van der Waals surface area contributed by atoms with Gasteiger partial charge in [-0.2, -0.15) is 0 Å². The zero-order valence-electron chi connectivity index (χ0n) is 69.3. The van der Waals surface area contributed by atoms with E-state index in [9.17, 15) is 101 Å². The third-order valence-corrected chi connectivity index (χ3v) is 30.2.